The summed E-state index contributed by atoms with van der Waals surface area (Å²) in [4.78, 5) is -1.09. The summed E-state index contributed by atoms with van der Waals surface area (Å²) in [6.07, 6.45) is 0. The van der Waals surface area contributed by atoms with E-state index in [1.165, 1.54) is 66.7 Å². The van der Waals surface area contributed by atoms with E-state index in [9.17, 15) is 38.9 Å². The molecule has 222 valence electrons. The lowest BCUT2D eigenvalue weighted by atomic mass is 10.1. The molecule has 7 N–H and O–H groups in total. The largest absolute Gasteiger partial charge is 0.398 e. The number of benzene rings is 5. The Labute approximate surface area is 245 Å². The van der Waals surface area contributed by atoms with Gasteiger partial charge in [-0.25, -0.2) is 0 Å². The van der Waals surface area contributed by atoms with Crippen LogP contribution in [0.2, 0.25) is 0 Å². The first kappa shape index (κ1) is 29.8. The molecule has 5 rings (SSSR count). The van der Waals surface area contributed by atoms with Crippen LogP contribution in [-0.4, -0.2) is 38.9 Å². The Kier molecular flexibility index (Phi) is 7.55. The number of hydrogen-bond acceptors (Lipinski definition) is 11. The molecule has 0 atom stereocenters. The summed E-state index contributed by atoms with van der Waals surface area (Å²) < 4.78 is 98.2. The van der Waals surface area contributed by atoms with Gasteiger partial charge in [-0.15, -0.1) is 10.2 Å². The lowest BCUT2D eigenvalue weighted by Gasteiger charge is -2.14. The average Bonchev–Trinajstić information content (AvgIpc) is 2.94. The van der Waals surface area contributed by atoms with Crippen LogP contribution in [0.3, 0.4) is 0 Å². The Bertz CT molecular complexity index is 2290. The molecule has 0 aliphatic carbocycles. The second-order valence-corrected chi connectivity index (χ2v) is 13.4. The molecule has 0 aromatic heterocycles. The van der Waals surface area contributed by atoms with Crippen LogP contribution in [0.4, 0.5) is 28.4 Å². The average molecular weight is 644 g/mol. The minimum atomic E-state index is -4.59. The first-order valence-corrected chi connectivity index (χ1v) is 16.3. The minimum absolute atomic E-state index is 0.193. The van der Waals surface area contributed by atoms with Gasteiger partial charge in [-0.3, -0.25) is 13.7 Å². The van der Waals surface area contributed by atoms with Gasteiger partial charge in [-0.2, -0.15) is 25.3 Å². The van der Waals surface area contributed by atoms with Crippen LogP contribution in [0, 0.1) is 0 Å². The zero-order valence-corrected chi connectivity index (χ0v) is 24.0. The van der Waals surface area contributed by atoms with Crippen LogP contribution in [0.25, 0.3) is 21.5 Å². The molecule has 14 nitrogen and oxygen atoms in total. The van der Waals surface area contributed by atoms with E-state index in [0.717, 1.165) is 0 Å². The topological polar surface area (TPSA) is 238 Å². The number of nitrogen functional groups attached to an aromatic ring is 1. The fraction of sp³-hybridized carbons (Fsp3) is 0. The van der Waals surface area contributed by atoms with Crippen molar-refractivity contribution >= 4 is 80.3 Å². The van der Waals surface area contributed by atoms with Crippen molar-refractivity contribution in [3.8, 4) is 0 Å². The standard InChI is InChI=1S/C26H21N5O9S3/c27-23-8-9-24(19-6-4-17(13-21(19)23)42(35,36)37)30-31-26-11-10-25(20-7-5-18(14-22(20)26)43(38,39)40)29-28-15-2-1-3-16(12-15)41(32,33)34/h1-14,28-29H,27H2,(H,32,33,34)(H,35,36,37)(H,38,39,40)/b31-30+. The molecule has 0 saturated carbocycles. The lowest BCUT2D eigenvalue weighted by molar-refractivity contribution is 0.481. The van der Waals surface area contributed by atoms with E-state index in [2.05, 4.69) is 21.1 Å². The number of hydrazine groups is 1. The van der Waals surface area contributed by atoms with Gasteiger partial charge in [0.1, 0.15) is 0 Å². The van der Waals surface area contributed by atoms with Gasteiger partial charge in [0.25, 0.3) is 30.4 Å². The van der Waals surface area contributed by atoms with Crippen LogP contribution in [0.5, 0.6) is 0 Å². The Balaban J connectivity index is 1.57. The highest BCUT2D eigenvalue weighted by molar-refractivity contribution is 7.86. The number of nitrogens with two attached hydrogens (primary N) is 1. The summed E-state index contributed by atoms with van der Waals surface area (Å²) in [5.74, 6) is 0. The highest BCUT2D eigenvalue weighted by Crippen LogP contribution is 2.37. The summed E-state index contributed by atoms with van der Waals surface area (Å²) in [7, 11) is -13.5. The maximum atomic E-state index is 11.9. The molecule has 0 heterocycles. The molecule has 0 fully saturated rings. The highest BCUT2D eigenvalue weighted by Gasteiger charge is 2.16. The molecule has 0 spiro atoms. The van der Waals surface area contributed by atoms with Gasteiger partial charge >= 0.3 is 0 Å². The maximum Gasteiger partial charge on any atom is 0.294 e. The van der Waals surface area contributed by atoms with E-state index in [-0.39, 0.29) is 37.9 Å². The number of fused-ring (bicyclic) bond motifs is 2. The van der Waals surface area contributed by atoms with Crippen LogP contribution in [0.1, 0.15) is 0 Å². The molecular weight excluding hydrogens is 623 g/mol. The van der Waals surface area contributed by atoms with Crippen LogP contribution in [0.15, 0.2) is 110 Å². The number of rotatable bonds is 8. The summed E-state index contributed by atoms with van der Waals surface area (Å²) in [5, 5.41) is 9.95. The van der Waals surface area contributed by atoms with Crippen molar-refractivity contribution in [2.24, 2.45) is 10.2 Å². The summed E-state index contributed by atoms with van der Waals surface area (Å²) in [5.41, 5.74) is 13.1. The molecule has 17 heteroatoms. The van der Waals surface area contributed by atoms with E-state index >= 15 is 0 Å². The third kappa shape index (κ3) is 6.41. The zero-order valence-electron chi connectivity index (χ0n) is 21.6. The van der Waals surface area contributed by atoms with E-state index in [0.29, 0.717) is 21.8 Å². The van der Waals surface area contributed by atoms with Crippen LogP contribution in [-0.2, 0) is 30.4 Å². The van der Waals surface area contributed by atoms with E-state index in [1.54, 1.807) is 18.2 Å². The van der Waals surface area contributed by atoms with Gasteiger partial charge in [-0.1, -0.05) is 18.2 Å². The first-order chi connectivity index (χ1) is 20.1. The quantitative estimate of drug-likeness (QED) is 0.0556. The normalized spacial score (nSPS) is 12.6. The third-order valence-corrected chi connectivity index (χ3v) is 8.85. The fourth-order valence-electron chi connectivity index (χ4n) is 4.23. The van der Waals surface area contributed by atoms with E-state index in [1.807, 2.05) is 0 Å². The zero-order chi connectivity index (χ0) is 31.2. The van der Waals surface area contributed by atoms with E-state index in [4.69, 9.17) is 5.73 Å². The van der Waals surface area contributed by atoms with Crippen molar-refractivity contribution in [1.82, 2.24) is 0 Å². The minimum Gasteiger partial charge on any atom is -0.398 e. The molecule has 0 aliphatic heterocycles. The van der Waals surface area contributed by atoms with Gasteiger partial charge in [0.2, 0.25) is 0 Å². The van der Waals surface area contributed by atoms with Crippen molar-refractivity contribution in [3.63, 3.8) is 0 Å². The van der Waals surface area contributed by atoms with Crippen LogP contribution >= 0.6 is 0 Å². The molecule has 0 saturated heterocycles. The first-order valence-electron chi connectivity index (χ1n) is 12.0. The molecule has 5 aromatic rings. The fourth-order valence-corrected chi connectivity index (χ4v) is 5.77. The van der Waals surface area contributed by atoms with Crippen molar-refractivity contribution in [3.05, 3.63) is 84.9 Å². The predicted octanol–water partition coefficient (Wildman–Crippen LogP) is 5.17. The summed E-state index contributed by atoms with van der Waals surface area (Å²) >= 11 is 0. The van der Waals surface area contributed by atoms with Crippen molar-refractivity contribution in [1.29, 1.82) is 0 Å². The second-order valence-electron chi connectivity index (χ2n) is 9.12. The Morgan fingerprint density at radius 3 is 1.70 bits per heavy atom. The maximum absolute atomic E-state index is 11.9. The molecule has 0 amide bonds. The molecule has 0 unspecified atom stereocenters. The van der Waals surface area contributed by atoms with Crippen molar-refractivity contribution < 1.29 is 38.9 Å². The highest BCUT2D eigenvalue weighted by atomic mass is 32.2. The van der Waals surface area contributed by atoms with Gasteiger partial charge < -0.3 is 16.6 Å². The molecule has 5 aromatic carbocycles. The van der Waals surface area contributed by atoms with Crippen molar-refractivity contribution in [2.75, 3.05) is 16.6 Å². The monoisotopic (exact) mass is 643 g/mol. The van der Waals surface area contributed by atoms with Crippen LogP contribution < -0.4 is 16.6 Å². The van der Waals surface area contributed by atoms with E-state index < -0.39 is 35.2 Å². The predicted molar refractivity (Wildman–Crippen MR) is 160 cm³/mol. The molecule has 0 bridgehead atoms. The SMILES string of the molecule is Nc1ccc(/N=N/c2ccc(NNc3cccc(S(=O)(=O)O)c3)c3ccc(S(=O)(=O)O)cc23)c2ccc(S(=O)(=O)O)cc12. The Morgan fingerprint density at radius 1 is 0.535 bits per heavy atom. The Hall–Kier alpha value is -4.65. The number of hydrogen-bond donors (Lipinski definition) is 6. The molecule has 0 radical (unpaired) electrons. The number of nitrogens with zero attached hydrogens (tertiary/aromatic N) is 2. The lowest BCUT2D eigenvalue weighted by Crippen LogP contribution is -2.10. The summed E-state index contributed by atoms with van der Waals surface area (Å²) in [6.45, 7) is 0. The van der Waals surface area contributed by atoms with Crippen molar-refractivity contribution in [2.45, 2.75) is 14.7 Å². The second kappa shape index (κ2) is 10.9. The number of nitrogens with one attached hydrogen (secondary N) is 2. The number of anilines is 3. The smallest absolute Gasteiger partial charge is 0.294 e. The van der Waals surface area contributed by atoms with Gasteiger partial charge in [0, 0.05) is 27.2 Å². The van der Waals surface area contributed by atoms with Gasteiger partial charge in [0.05, 0.1) is 37.4 Å². The summed E-state index contributed by atoms with van der Waals surface area (Å²) in [6, 6.07) is 19.1. The third-order valence-electron chi connectivity index (χ3n) is 6.30. The van der Waals surface area contributed by atoms with Gasteiger partial charge in [-0.05, 0) is 66.7 Å². The Morgan fingerprint density at radius 2 is 1.07 bits per heavy atom. The van der Waals surface area contributed by atoms with Gasteiger partial charge in [0.15, 0.2) is 0 Å². The number of azo groups is 1. The molecular formula is C26H21N5O9S3. The molecule has 0 aliphatic rings. The molecule has 43 heavy (non-hydrogen) atoms.